The molecule has 0 saturated carbocycles. The molecule has 6 heteroatoms. The maximum atomic E-state index is 5.53. The number of benzene rings is 1. The summed E-state index contributed by atoms with van der Waals surface area (Å²) in [7, 11) is 3.59. The molecule has 2 N–H and O–H groups in total. The van der Waals surface area contributed by atoms with Crippen molar-refractivity contribution in [1.29, 1.82) is 0 Å². The van der Waals surface area contributed by atoms with Crippen molar-refractivity contribution in [3.05, 3.63) is 36.2 Å². The molecule has 0 spiro atoms. The smallest absolute Gasteiger partial charge is 0.229 e. The van der Waals surface area contributed by atoms with Crippen LogP contribution in [0.4, 0.5) is 11.9 Å². The first kappa shape index (κ1) is 13.1. The normalized spacial score (nSPS) is 10.2. The first-order chi connectivity index (χ1) is 9.19. The SMILES string of the molecule is COc1ccc(CCN(C)c2ncnc(N)n2)cc1. The Morgan fingerprint density at radius 3 is 2.58 bits per heavy atom. The number of likely N-dealkylation sites (N-methyl/N-ethyl adjacent to an activating group) is 1. The van der Waals surface area contributed by atoms with Crippen molar-refractivity contribution in [3.8, 4) is 5.75 Å². The van der Waals surface area contributed by atoms with Crippen LogP contribution in [0.5, 0.6) is 5.75 Å². The molecule has 0 fully saturated rings. The van der Waals surface area contributed by atoms with Crippen LogP contribution in [0.25, 0.3) is 0 Å². The van der Waals surface area contributed by atoms with Gasteiger partial charge in [0, 0.05) is 13.6 Å². The molecule has 2 rings (SSSR count). The number of aromatic nitrogens is 3. The molecule has 2 aromatic rings. The number of nitrogens with zero attached hydrogens (tertiary/aromatic N) is 4. The molecule has 1 aromatic heterocycles. The third kappa shape index (κ3) is 3.54. The van der Waals surface area contributed by atoms with Crippen LogP contribution in [-0.4, -0.2) is 35.7 Å². The zero-order chi connectivity index (χ0) is 13.7. The molecule has 0 radical (unpaired) electrons. The Balaban J connectivity index is 1.94. The Kier molecular flexibility index (Phi) is 4.12. The summed E-state index contributed by atoms with van der Waals surface area (Å²) < 4.78 is 5.13. The van der Waals surface area contributed by atoms with E-state index in [-0.39, 0.29) is 5.95 Å². The summed E-state index contributed by atoms with van der Waals surface area (Å²) in [5.74, 6) is 1.68. The topological polar surface area (TPSA) is 77.2 Å². The van der Waals surface area contributed by atoms with Crippen molar-refractivity contribution < 1.29 is 4.74 Å². The van der Waals surface area contributed by atoms with Gasteiger partial charge in [-0.25, -0.2) is 9.97 Å². The first-order valence-electron chi connectivity index (χ1n) is 5.97. The van der Waals surface area contributed by atoms with Crippen molar-refractivity contribution in [2.45, 2.75) is 6.42 Å². The number of ether oxygens (including phenoxy) is 1. The predicted octanol–water partition coefficient (Wildman–Crippen LogP) is 1.14. The average Bonchev–Trinajstić information content (AvgIpc) is 2.45. The quantitative estimate of drug-likeness (QED) is 0.867. The van der Waals surface area contributed by atoms with E-state index in [0.717, 1.165) is 18.7 Å². The van der Waals surface area contributed by atoms with Crippen LogP contribution in [0.2, 0.25) is 0 Å². The Labute approximate surface area is 112 Å². The summed E-state index contributed by atoms with van der Waals surface area (Å²) in [6.45, 7) is 0.801. The van der Waals surface area contributed by atoms with Crippen molar-refractivity contribution in [2.24, 2.45) is 0 Å². The second-order valence-corrected chi connectivity index (χ2v) is 4.16. The average molecular weight is 259 g/mol. The lowest BCUT2D eigenvalue weighted by Gasteiger charge is -2.16. The summed E-state index contributed by atoms with van der Waals surface area (Å²) in [6.07, 6.45) is 2.31. The summed E-state index contributed by atoms with van der Waals surface area (Å²) in [5.41, 5.74) is 6.76. The highest BCUT2D eigenvalue weighted by Crippen LogP contribution is 2.12. The van der Waals surface area contributed by atoms with Gasteiger partial charge >= 0.3 is 0 Å². The van der Waals surface area contributed by atoms with Crippen LogP contribution >= 0.6 is 0 Å². The number of methoxy groups -OCH3 is 1. The second kappa shape index (κ2) is 5.99. The number of anilines is 2. The Morgan fingerprint density at radius 2 is 1.95 bits per heavy atom. The van der Waals surface area contributed by atoms with Crippen LogP contribution in [0.1, 0.15) is 5.56 Å². The lowest BCUT2D eigenvalue weighted by atomic mass is 10.1. The monoisotopic (exact) mass is 259 g/mol. The van der Waals surface area contributed by atoms with Gasteiger partial charge in [0.1, 0.15) is 12.1 Å². The van der Waals surface area contributed by atoms with E-state index in [9.17, 15) is 0 Å². The van der Waals surface area contributed by atoms with E-state index >= 15 is 0 Å². The standard InChI is InChI=1S/C13H17N5O/c1-18(13-16-9-15-12(14)17-13)8-7-10-3-5-11(19-2)6-4-10/h3-6,9H,7-8H2,1-2H3,(H2,14,15,16,17). The summed E-state index contributed by atoms with van der Waals surface area (Å²) in [6, 6.07) is 8.01. The number of rotatable bonds is 5. The van der Waals surface area contributed by atoms with Crippen LogP contribution in [-0.2, 0) is 6.42 Å². The number of hydrogen-bond acceptors (Lipinski definition) is 6. The maximum absolute atomic E-state index is 5.53. The molecule has 6 nitrogen and oxygen atoms in total. The van der Waals surface area contributed by atoms with Gasteiger partial charge < -0.3 is 15.4 Å². The van der Waals surface area contributed by atoms with Crippen LogP contribution in [0.15, 0.2) is 30.6 Å². The van der Waals surface area contributed by atoms with Crippen molar-refractivity contribution in [3.63, 3.8) is 0 Å². The number of hydrogen-bond donors (Lipinski definition) is 1. The van der Waals surface area contributed by atoms with Crippen LogP contribution in [0, 0.1) is 0 Å². The van der Waals surface area contributed by atoms with E-state index < -0.39 is 0 Å². The van der Waals surface area contributed by atoms with Crippen molar-refractivity contribution in [2.75, 3.05) is 31.3 Å². The molecule has 1 aromatic carbocycles. The highest BCUT2D eigenvalue weighted by molar-refractivity contribution is 5.33. The lowest BCUT2D eigenvalue weighted by molar-refractivity contribution is 0.414. The lowest BCUT2D eigenvalue weighted by Crippen LogP contribution is -2.23. The fourth-order valence-corrected chi connectivity index (χ4v) is 1.67. The molecular formula is C13H17N5O. The van der Waals surface area contributed by atoms with Gasteiger partial charge in [0.05, 0.1) is 7.11 Å². The Morgan fingerprint density at radius 1 is 1.21 bits per heavy atom. The number of nitrogens with two attached hydrogens (primary N) is 1. The zero-order valence-corrected chi connectivity index (χ0v) is 11.1. The minimum Gasteiger partial charge on any atom is -0.497 e. The fraction of sp³-hybridized carbons (Fsp3) is 0.308. The van der Waals surface area contributed by atoms with E-state index in [1.54, 1.807) is 7.11 Å². The van der Waals surface area contributed by atoms with E-state index in [0.29, 0.717) is 5.95 Å². The van der Waals surface area contributed by atoms with E-state index in [4.69, 9.17) is 10.5 Å². The molecule has 100 valence electrons. The molecular weight excluding hydrogens is 242 g/mol. The summed E-state index contributed by atoms with van der Waals surface area (Å²) in [5, 5.41) is 0. The Bertz CT molecular complexity index is 529. The summed E-state index contributed by atoms with van der Waals surface area (Å²) in [4.78, 5) is 13.9. The largest absolute Gasteiger partial charge is 0.497 e. The molecule has 19 heavy (non-hydrogen) atoms. The third-order valence-corrected chi connectivity index (χ3v) is 2.81. The minimum absolute atomic E-state index is 0.237. The van der Waals surface area contributed by atoms with Crippen LogP contribution < -0.4 is 15.4 Å². The highest BCUT2D eigenvalue weighted by Gasteiger charge is 2.05. The van der Waals surface area contributed by atoms with Gasteiger partial charge in [-0.15, -0.1) is 0 Å². The summed E-state index contributed by atoms with van der Waals surface area (Å²) >= 11 is 0. The van der Waals surface area contributed by atoms with Gasteiger partial charge in [-0.1, -0.05) is 12.1 Å². The highest BCUT2D eigenvalue weighted by atomic mass is 16.5. The molecule has 0 bridgehead atoms. The van der Waals surface area contributed by atoms with Crippen molar-refractivity contribution >= 4 is 11.9 Å². The predicted molar refractivity (Wildman–Crippen MR) is 74.2 cm³/mol. The Hall–Kier alpha value is -2.37. The first-order valence-corrected chi connectivity index (χ1v) is 5.97. The van der Waals surface area contributed by atoms with E-state index in [2.05, 4.69) is 27.1 Å². The van der Waals surface area contributed by atoms with Crippen LogP contribution in [0.3, 0.4) is 0 Å². The molecule has 0 aliphatic rings. The van der Waals surface area contributed by atoms with Gasteiger partial charge in [0.25, 0.3) is 0 Å². The van der Waals surface area contributed by atoms with E-state index in [1.165, 1.54) is 11.9 Å². The van der Waals surface area contributed by atoms with Gasteiger partial charge in [0.2, 0.25) is 11.9 Å². The molecule has 1 heterocycles. The third-order valence-electron chi connectivity index (χ3n) is 2.81. The number of nitrogen functional groups attached to an aromatic ring is 1. The van der Waals surface area contributed by atoms with Gasteiger partial charge in [0.15, 0.2) is 0 Å². The van der Waals surface area contributed by atoms with Gasteiger partial charge in [-0.3, -0.25) is 0 Å². The molecule has 0 aliphatic heterocycles. The van der Waals surface area contributed by atoms with E-state index in [1.807, 2.05) is 24.1 Å². The van der Waals surface area contributed by atoms with Crippen molar-refractivity contribution in [1.82, 2.24) is 15.0 Å². The molecule has 0 aliphatic carbocycles. The molecule has 0 saturated heterocycles. The fourth-order valence-electron chi connectivity index (χ4n) is 1.67. The van der Waals surface area contributed by atoms with Gasteiger partial charge in [-0.05, 0) is 24.1 Å². The maximum Gasteiger partial charge on any atom is 0.229 e. The second-order valence-electron chi connectivity index (χ2n) is 4.16. The zero-order valence-electron chi connectivity index (χ0n) is 11.1. The molecule has 0 atom stereocenters. The minimum atomic E-state index is 0.237. The molecule has 0 unspecified atom stereocenters. The van der Waals surface area contributed by atoms with Gasteiger partial charge in [-0.2, -0.15) is 4.98 Å². The molecule has 0 amide bonds.